The summed E-state index contributed by atoms with van der Waals surface area (Å²) in [6.45, 7) is 4.86. The Labute approximate surface area is 78.7 Å². The van der Waals surface area contributed by atoms with Crippen LogP contribution in [0.5, 0.6) is 5.75 Å². The first-order valence-electron chi connectivity index (χ1n) is 4.74. The Bertz CT molecular complexity index is 333. The molecule has 0 radical (unpaired) electrons. The molecule has 1 aliphatic heterocycles. The van der Waals surface area contributed by atoms with E-state index in [1.54, 1.807) is 0 Å². The molecular weight excluding hydrogens is 162 g/mol. The molecule has 2 heteroatoms. The lowest BCUT2D eigenvalue weighted by atomic mass is 9.99. The van der Waals surface area contributed by atoms with Gasteiger partial charge in [-0.05, 0) is 24.5 Å². The molecule has 1 unspecified atom stereocenters. The molecule has 1 aliphatic rings. The fourth-order valence-electron chi connectivity index (χ4n) is 1.91. The van der Waals surface area contributed by atoms with Gasteiger partial charge >= 0.3 is 0 Å². The van der Waals surface area contributed by atoms with Gasteiger partial charge in [0.15, 0.2) is 0 Å². The Morgan fingerprint density at radius 2 is 2.31 bits per heavy atom. The molecule has 0 spiro atoms. The molecular formula is C11H15NO. The average molecular weight is 177 g/mol. The van der Waals surface area contributed by atoms with E-state index >= 15 is 0 Å². The van der Waals surface area contributed by atoms with Gasteiger partial charge in [0.2, 0.25) is 0 Å². The highest BCUT2D eigenvalue weighted by atomic mass is 16.5. The molecule has 0 amide bonds. The molecule has 0 aromatic heterocycles. The zero-order chi connectivity index (χ0) is 9.42. The van der Waals surface area contributed by atoms with Crippen molar-refractivity contribution in [1.82, 2.24) is 0 Å². The summed E-state index contributed by atoms with van der Waals surface area (Å²) >= 11 is 0. The molecule has 2 nitrogen and oxygen atoms in total. The van der Waals surface area contributed by atoms with Gasteiger partial charge in [-0.1, -0.05) is 19.1 Å². The molecule has 1 aromatic rings. The summed E-state index contributed by atoms with van der Waals surface area (Å²) in [5.74, 6) is 1.04. The van der Waals surface area contributed by atoms with E-state index in [-0.39, 0.29) is 6.04 Å². The lowest BCUT2D eigenvalue weighted by Gasteiger charge is -2.08. The first kappa shape index (κ1) is 8.57. The van der Waals surface area contributed by atoms with Crippen molar-refractivity contribution in [2.45, 2.75) is 26.3 Å². The van der Waals surface area contributed by atoms with Gasteiger partial charge in [-0.3, -0.25) is 0 Å². The Balaban J connectivity index is 2.59. The normalized spacial score (nSPS) is 19.8. The van der Waals surface area contributed by atoms with Crippen LogP contribution in [0.3, 0.4) is 0 Å². The van der Waals surface area contributed by atoms with Gasteiger partial charge in [-0.2, -0.15) is 0 Å². The Morgan fingerprint density at radius 1 is 1.54 bits per heavy atom. The van der Waals surface area contributed by atoms with Gasteiger partial charge in [-0.25, -0.2) is 0 Å². The number of benzene rings is 1. The van der Waals surface area contributed by atoms with E-state index in [0.29, 0.717) is 6.61 Å². The SMILES string of the molecule is CCc1ccc(C)c2c1OCC2N. The second-order valence-electron chi connectivity index (χ2n) is 3.56. The van der Waals surface area contributed by atoms with Gasteiger partial charge < -0.3 is 10.5 Å². The molecule has 1 atom stereocenters. The molecule has 0 saturated heterocycles. The van der Waals surface area contributed by atoms with Crippen LogP contribution in [-0.2, 0) is 6.42 Å². The van der Waals surface area contributed by atoms with E-state index in [0.717, 1.165) is 12.2 Å². The fraction of sp³-hybridized carbons (Fsp3) is 0.455. The zero-order valence-electron chi connectivity index (χ0n) is 8.13. The second-order valence-corrected chi connectivity index (χ2v) is 3.56. The Morgan fingerprint density at radius 3 is 3.00 bits per heavy atom. The third-order valence-corrected chi connectivity index (χ3v) is 2.65. The lowest BCUT2D eigenvalue weighted by molar-refractivity contribution is 0.331. The van der Waals surface area contributed by atoms with Gasteiger partial charge in [-0.15, -0.1) is 0 Å². The second kappa shape index (κ2) is 3.04. The maximum atomic E-state index is 5.95. The quantitative estimate of drug-likeness (QED) is 0.711. The van der Waals surface area contributed by atoms with Crippen molar-refractivity contribution in [2.24, 2.45) is 5.73 Å². The lowest BCUT2D eigenvalue weighted by Crippen LogP contribution is -2.11. The summed E-state index contributed by atoms with van der Waals surface area (Å²) < 4.78 is 5.59. The molecule has 1 heterocycles. The first-order valence-corrected chi connectivity index (χ1v) is 4.74. The number of ether oxygens (including phenoxy) is 1. The third-order valence-electron chi connectivity index (χ3n) is 2.65. The summed E-state index contributed by atoms with van der Waals surface area (Å²) in [7, 11) is 0. The fourth-order valence-corrected chi connectivity index (χ4v) is 1.91. The minimum Gasteiger partial charge on any atom is -0.491 e. The molecule has 0 aliphatic carbocycles. The standard InChI is InChI=1S/C11H15NO/c1-3-8-5-4-7(2)10-9(12)6-13-11(8)10/h4-5,9H,3,6,12H2,1-2H3. The number of hydrogen-bond donors (Lipinski definition) is 1. The van der Waals surface area contributed by atoms with Gasteiger partial charge in [0, 0.05) is 5.56 Å². The van der Waals surface area contributed by atoms with Crippen LogP contribution < -0.4 is 10.5 Å². The predicted octanol–water partition coefficient (Wildman–Crippen LogP) is 1.95. The largest absolute Gasteiger partial charge is 0.491 e. The van der Waals surface area contributed by atoms with E-state index in [2.05, 4.69) is 26.0 Å². The van der Waals surface area contributed by atoms with Crippen LogP contribution in [0, 0.1) is 6.92 Å². The summed E-state index contributed by atoms with van der Waals surface area (Å²) in [6.07, 6.45) is 1.01. The van der Waals surface area contributed by atoms with Crippen molar-refractivity contribution < 1.29 is 4.74 Å². The number of rotatable bonds is 1. The average Bonchev–Trinajstić information content (AvgIpc) is 2.50. The summed E-state index contributed by atoms with van der Waals surface area (Å²) in [4.78, 5) is 0. The van der Waals surface area contributed by atoms with Crippen LogP contribution in [-0.4, -0.2) is 6.61 Å². The van der Waals surface area contributed by atoms with Crippen LogP contribution >= 0.6 is 0 Å². The highest BCUT2D eigenvalue weighted by Gasteiger charge is 2.24. The maximum absolute atomic E-state index is 5.95. The first-order chi connectivity index (χ1) is 6.24. The predicted molar refractivity (Wildman–Crippen MR) is 53.0 cm³/mol. The van der Waals surface area contributed by atoms with Crippen molar-refractivity contribution in [2.75, 3.05) is 6.61 Å². The third kappa shape index (κ3) is 1.22. The van der Waals surface area contributed by atoms with E-state index in [4.69, 9.17) is 10.5 Å². The van der Waals surface area contributed by atoms with Crippen LogP contribution in [0.15, 0.2) is 12.1 Å². The molecule has 13 heavy (non-hydrogen) atoms. The van der Waals surface area contributed by atoms with Crippen molar-refractivity contribution in [1.29, 1.82) is 0 Å². The minimum absolute atomic E-state index is 0.0708. The van der Waals surface area contributed by atoms with Crippen molar-refractivity contribution in [3.05, 3.63) is 28.8 Å². The number of fused-ring (bicyclic) bond motifs is 1. The van der Waals surface area contributed by atoms with E-state index < -0.39 is 0 Å². The van der Waals surface area contributed by atoms with Crippen molar-refractivity contribution in [3.63, 3.8) is 0 Å². The molecule has 0 fully saturated rings. The molecule has 0 saturated carbocycles. The molecule has 70 valence electrons. The molecule has 2 N–H and O–H groups in total. The number of aryl methyl sites for hydroxylation is 2. The van der Waals surface area contributed by atoms with Crippen molar-refractivity contribution >= 4 is 0 Å². The molecule has 2 rings (SSSR count). The number of nitrogens with two attached hydrogens (primary N) is 1. The zero-order valence-corrected chi connectivity index (χ0v) is 8.13. The van der Waals surface area contributed by atoms with E-state index in [1.165, 1.54) is 16.7 Å². The van der Waals surface area contributed by atoms with E-state index in [9.17, 15) is 0 Å². The highest BCUT2D eigenvalue weighted by molar-refractivity contribution is 5.50. The number of hydrogen-bond acceptors (Lipinski definition) is 2. The van der Waals surface area contributed by atoms with Crippen molar-refractivity contribution in [3.8, 4) is 5.75 Å². The molecule has 0 bridgehead atoms. The summed E-state index contributed by atoms with van der Waals surface area (Å²) in [6, 6.07) is 4.33. The highest BCUT2D eigenvalue weighted by Crippen LogP contribution is 2.36. The monoisotopic (exact) mass is 177 g/mol. The Kier molecular flexibility index (Phi) is 2.00. The van der Waals surface area contributed by atoms with Gasteiger partial charge in [0.05, 0.1) is 6.04 Å². The minimum atomic E-state index is 0.0708. The van der Waals surface area contributed by atoms with Gasteiger partial charge in [0.1, 0.15) is 12.4 Å². The van der Waals surface area contributed by atoms with Crippen LogP contribution in [0.25, 0.3) is 0 Å². The topological polar surface area (TPSA) is 35.2 Å². The van der Waals surface area contributed by atoms with Crippen LogP contribution in [0.4, 0.5) is 0 Å². The van der Waals surface area contributed by atoms with Crippen LogP contribution in [0.2, 0.25) is 0 Å². The summed E-state index contributed by atoms with van der Waals surface area (Å²) in [5.41, 5.74) is 9.67. The smallest absolute Gasteiger partial charge is 0.127 e. The molecule has 1 aromatic carbocycles. The Hall–Kier alpha value is -1.02. The van der Waals surface area contributed by atoms with Gasteiger partial charge in [0.25, 0.3) is 0 Å². The maximum Gasteiger partial charge on any atom is 0.127 e. The summed E-state index contributed by atoms with van der Waals surface area (Å²) in [5, 5.41) is 0. The van der Waals surface area contributed by atoms with E-state index in [1.807, 2.05) is 0 Å². The van der Waals surface area contributed by atoms with Crippen LogP contribution in [0.1, 0.15) is 29.7 Å².